The van der Waals surface area contributed by atoms with Crippen molar-refractivity contribution in [3.63, 3.8) is 0 Å². The molecule has 0 radical (unpaired) electrons. The van der Waals surface area contributed by atoms with Gasteiger partial charge in [0.1, 0.15) is 5.82 Å². The van der Waals surface area contributed by atoms with Crippen LogP contribution in [0, 0.1) is 0 Å². The minimum absolute atomic E-state index is 0.563. The summed E-state index contributed by atoms with van der Waals surface area (Å²) in [7, 11) is 0. The molecule has 1 N–H and O–H groups in total. The highest BCUT2D eigenvalue weighted by Gasteiger charge is 2.21. The van der Waals surface area contributed by atoms with Gasteiger partial charge < -0.3 is 10.2 Å². The van der Waals surface area contributed by atoms with Crippen LogP contribution in [-0.4, -0.2) is 40.1 Å². The Morgan fingerprint density at radius 2 is 2.28 bits per heavy atom. The van der Waals surface area contributed by atoms with Gasteiger partial charge >= 0.3 is 0 Å². The van der Waals surface area contributed by atoms with Crippen LogP contribution in [-0.2, 0) is 6.54 Å². The van der Waals surface area contributed by atoms with E-state index < -0.39 is 0 Å². The molecule has 0 amide bonds. The van der Waals surface area contributed by atoms with Crippen molar-refractivity contribution in [1.82, 2.24) is 15.3 Å². The van der Waals surface area contributed by atoms with Gasteiger partial charge in [-0.05, 0) is 19.8 Å². The van der Waals surface area contributed by atoms with Crippen LogP contribution in [0.2, 0.25) is 0 Å². The van der Waals surface area contributed by atoms with Gasteiger partial charge in [0.05, 0.1) is 18.1 Å². The van der Waals surface area contributed by atoms with Gasteiger partial charge in [0.2, 0.25) is 0 Å². The lowest BCUT2D eigenvalue weighted by Crippen LogP contribution is -2.41. The zero-order valence-electron chi connectivity index (χ0n) is 10.8. The van der Waals surface area contributed by atoms with Gasteiger partial charge in [0.15, 0.2) is 0 Å². The summed E-state index contributed by atoms with van der Waals surface area (Å²) in [6.07, 6.45) is 6.47. The summed E-state index contributed by atoms with van der Waals surface area (Å²) in [6.45, 7) is 4.19. The number of aromatic nitrogens is 2. The SMILES string of the molecule is CC1CSCCN1c1cnc(CNC2CC2)cn1. The highest BCUT2D eigenvalue weighted by molar-refractivity contribution is 7.99. The first-order valence-electron chi connectivity index (χ1n) is 6.71. The number of nitrogens with zero attached hydrogens (tertiary/aromatic N) is 3. The van der Waals surface area contributed by atoms with Crippen molar-refractivity contribution in [3.05, 3.63) is 18.1 Å². The Balaban J connectivity index is 1.61. The van der Waals surface area contributed by atoms with Crippen LogP contribution in [0.1, 0.15) is 25.5 Å². The van der Waals surface area contributed by atoms with E-state index in [4.69, 9.17) is 0 Å². The number of anilines is 1. The molecular weight excluding hydrogens is 244 g/mol. The molecule has 0 spiro atoms. The highest BCUT2D eigenvalue weighted by atomic mass is 32.2. The molecule has 1 aromatic heterocycles. The molecule has 0 bridgehead atoms. The molecule has 2 aliphatic rings. The van der Waals surface area contributed by atoms with Crippen LogP contribution in [0.15, 0.2) is 12.4 Å². The molecule has 98 valence electrons. The lowest BCUT2D eigenvalue weighted by Gasteiger charge is -2.33. The zero-order valence-corrected chi connectivity index (χ0v) is 11.6. The first-order chi connectivity index (χ1) is 8.83. The van der Waals surface area contributed by atoms with Gasteiger partial charge in [0, 0.05) is 36.7 Å². The van der Waals surface area contributed by atoms with E-state index in [1.54, 1.807) is 0 Å². The summed E-state index contributed by atoms with van der Waals surface area (Å²) in [4.78, 5) is 11.4. The molecule has 3 rings (SSSR count). The minimum atomic E-state index is 0.563. The summed E-state index contributed by atoms with van der Waals surface area (Å²) in [5.74, 6) is 3.40. The molecule has 0 aromatic carbocycles. The van der Waals surface area contributed by atoms with Crippen molar-refractivity contribution in [2.75, 3.05) is 23.0 Å². The summed E-state index contributed by atoms with van der Waals surface area (Å²) in [5, 5.41) is 3.46. The smallest absolute Gasteiger partial charge is 0.147 e. The fraction of sp³-hybridized carbons (Fsp3) is 0.692. The second-order valence-corrected chi connectivity index (χ2v) is 6.29. The first kappa shape index (κ1) is 12.2. The minimum Gasteiger partial charge on any atom is -0.351 e. The van der Waals surface area contributed by atoms with Crippen LogP contribution >= 0.6 is 11.8 Å². The Morgan fingerprint density at radius 3 is 2.94 bits per heavy atom. The molecular formula is C13H20N4S. The average molecular weight is 264 g/mol. The van der Waals surface area contributed by atoms with E-state index in [-0.39, 0.29) is 0 Å². The third-order valence-electron chi connectivity index (χ3n) is 3.50. The van der Waals surface area contributed by atoms with E-state index in [0.29, 0.717) is 6.04 Å². The van der Waals surface area contributed by atoms with Crippen LogP contribution < -0.4 is 10.2 Å². The van der Waals surface area contributed by atoms with Crippen molar-refractivity contribution in [2.45, 2.75) is 38.4 Å². The van der Waals surface area contributed by atoms with Crippen molar-refractivity contribution in [2.24, 2.45) is 0 Å². The molecule has 1 unspecified atom stereocenters. The van der Waals surface area contributed by atoms with E-state index in [9.17, 15) is 0 Å². The van der Waals surface area contributed by atoms with Gasteiger partial charge in [0.25, 0.3) is 0 Å². The lowest BCUT2D eigenvalue weighted by atomic mass is 10.3. The second-order valence-electron chi connectivity index (χ2n) is 5.14. The first-order valence-corrected chi connectivity index (χ1v) is 7.87. The normalized spacial score (nSPS) is 24.3. The molecule has 5 heteroatoms. The Morgan fingerprint density at radius 1 is 1.39 bits per heavy atom. The fourth-order valence-corrected chi connectivity index (χ4v) is 3.20. The molecule has 1 aliphatic carbocycles. The topological polar surface area (TPSA) is 41.1 Å². The van der Waals surface area contributed by atoms with Crippen LogP contribution in [0.3, 0.4) is 0 Å². The molecule has 1 saturated heterocycles. The third kappa shape index (κ3) is 2.95. The average Bonchev–Trinajstić information content (AvgIpc) is 3.22. The van der Waals surface area contributed by atoms with E-state index >= 15 is 0 Å². The Kier molecular flexibility index (Phi) is 3.70. The molecule has 2 heterocycles. The van der Waals surface area contributed by atoms with E-state index in [1.165, 1.54) is 24.3 Å². The quantitative estimate of drug-likeness (QED) is 0.896. The summed E-state index contributed by atoms with van der Waals surface area (Å²) < 4.78 is 0. The van der Waals surface area contributed by atoms with Crippen LogP contribution in [0.25, 0.3) is 0 Å². The Bertz CT molecular complexity index is 390. The van der Waals surface area contributed by atoms with Gasteiger partial charge in [-0.15, -0.1) is 0 Å². The van der Waals surface area contributed by atoms with Gasteiger partial charge in [-0.2, -0.15) is 11.8 Å². The maximum Gasteiger partial charge on any atom is 0.147 e. The monoisotopic (exact) mass is 264 g/mol. The molecule has 1 atom stereocenters. The number of nitrogens with one attached hydrogen (secondary N) is 1. The van der Waals surface area contributed by atoms with E-state index in [1.807, 2.05) is 24.2 Å². The largest absolute Gasteiger partial charge is 0.351 e. The summed E-state index contributed by atoms with van der Waals surface area (Å²) in [6, 6.07) is 1.29. The molecule has 2 fully saturated rings. The Hall–Kier alpha value is -0.810. The van der Waals surface area contributed by atoms with Crippen molar-refractivity contribution in [3.8, 4) is 0 Å². The van der Waals surface area contributed by atoms with Gasteiger partial charge in [-0.25, -0.2) is 4.98 Å². The van der Waals surface area contributed by atoms with Gasteiger partial charge in [-0.3, -0.25) is 4.98 Å². The predicted octanol–water partition coefficient (Wildman–Crippen LogP) is 1.67. The van der Waals surface area contributed by atoms with Crippen LogP contribution in [0.5, 0.6) is 0 Å². The maximum atomic E-state index is 4.57. The summed E-state index contributed by atoms with van der Waals surface area (Å²) in [5.41, 5.74) is 1.05. The number of rotatable bonds is 4. The molecule has 18 heavy (non-hydrogen) atoms. The van der Waals surface area contributed by atoms with Crippen molar-refractivity contribution >= 4 is 17.6 Å². The molecule has 1 aromatic rings. The third-order valence-corrected chi connectivity index (χ3v) is 4.69. The highest BCUT2D eigenvalue weighted by Crippen LogP contribution is 2.22. The maximum absolute atomic E-state index is 4.57. The molecule has 4 nitrogen and oxygen atoms in total. The van der Waals surface area contributed by atoms with Crippen molar-refractivity contribution < 1.29 is 0 Å². The molecule has 1 aliphatic heterocycles. The van der Waals surface area contributed by atoms with E-state index in [2.05, 4.69) is 27.1 Å². The van der Waals surface area contributed by atoms with Crippen molar-refractivity contribution in [1.29, 1.82) is 0 Å². The lowest BCUT2D eigenvalue weighted by molar-refractivity contribution is 0.663. The van der Waals surface area contributed by atoms with Crippen LogP contribution in [0.4, 0.5) is 5.82 Å². The Labute approximate surface area is 113 Å². The number of thioether (sulfide) groups is 1. The fourth-order valence-electron chi connectivity index (χ4n) is 2.19. The van der Waals surface area contributed by atoms with Gasteiger partial charge in [-0.1, -0.05) is 0 Å². The number of hydrogen-bond acceptors (Lipinski definition) is 5. The zero-order chi connectivity index (χ0) is 12.4. The van der Waals surface area contributed by atoms with E-state index in [0.717, 1.165) is 30.6 Å². The predicted molar refractivity (Wildman–Crippen MR) is 76.0 cm³/mol. The second kappa shape index (κ2) is 5.45. The molecule has 1 saturated carbocycles. The standard InChI is InChI=1S/C13H20N4S/c1-10-9-18-5-4-17(10)13-8-15-12(7-16-13)6-14-11-2-3-11/h7-8,10-11,14H,2-6,9H2,1H3. The summed E-state index contributed by atoms with van der Waals surface area (Å²) >= 11 is 2.02. The number of hydrogen-bond donors (Lipinski definition) is 1.